The highest BCUT2D eigenvalue weighted by Gasteiger charge is 2.22. The van der Waals surface area contributed by atoms with Crippen LogP contribution >= 0.6 is 11.3 Å². The van der Waals surface area contributed by atoms with Crippen LogP contribution in [0.3, 0.4) is 0 Å². The first-order chi connectivity index (χ1) is 11.6. The van der Waals surface area contributed by atoms with Gasteiger partial charge in [0.25, 0.3) is 0 Å². The molecule has 0 spiro atoms. The molecule has 1 aliphatic rings. The first-order valence-electron chi connectivity index (χ1n) is 8.51. The molecule has 0 bridgehead atoms. The number of nitrogens with one attached hydrogen (secondary N) is 1. The number of amides is 2. The highest BCUT2D eigenvalue weighted by Crippen LogP contribution is 2.23. The third-order valence-electron chi connectivity index (χ3n) is 4.71. The van der Waals surface area contributed by atoms with Gasteiger partial charge in [-0.3, -0.25) is 0 Å². The lowest BCUT2D eigenvalue weighted by molar-refractivity contribution is 0.194. The number of aryl methyl sites for hydroxylation is 1. The molecule has 3 rings (SSSR count). The Morgan fingerprint density at radius 2 is 1.92 bits per heavy atom. The second kappa shape index (κ2) is 7.71. The van der Waals surface area contributed by atoms with Crippen LogP contribution in [0, 0.1) is 13.8 Å². The van der Waals surface area contributed by atoms with E-state index in [1.54, 1.807) is 11.3 Å². The van der Waals surface area contributed by atoms with E-state index in [0.29, 0.717) is 6.54 Å². The van der Waals surface area contributed by atoms with Gasteiger partial charge in [-0.15, -0.1) is 11.3 Å². The van der Waals surface area contributed by atoms with E-state index in [1.807, 2.05) is 11.0 Å². The number of benzene rings is 1. The minimum absolute atomic E-state index is 0.0622. The highest BCUT2D eigenvalue weighted by atomic mass is 32.1. The molecule has 24 heavy (non-hydrogen) atoms. The fourth-order valence-electron chi connectivity index (χ4n) is 3.09. The smallest absolute Gasteiger partial charge is 0.317 e. The molecule has 2 heterocycles. The van der Waals surface area contributed by atoms with E-state index in [-0.39, 0.29) is 6.03 Å². The van der Waals surface area contributed by atoms with E-state index in [1.165, 1.54) is 21.7 Å². The van der Waals surface area contributed by atoms with Crippen LogP contribution < -0.4 is 10.2 Å². The van der Waals surface area contributed by atoms with Gasteiger partial charge in [0, 0.05) is 43.3 Å². The monoisotopic (exact) mass is 343 g/mol. The summed E-state index contributed by atoms with van der Waals surface area (Å²) in [5, 5.41) is 5.11. The molecule has 2 aromatic rings. The maximum Gasteiger partial charge on any atom is 0.317 e. The summed E-state index contributed by atoms with van der Waals surface area (Å²) in [5.74, 6) is 0. The molecule has 0 aliphatic carbocycles. The largest absolute Gasteiger partial charge is 0.368 e. The van der Waals surface area contributed by atoms with Crippen molar-refractivity contribution >= 4 is 23.1 Å². The molecule has 1 aromatic carbocycles. The number of anilines is 1. The topological polar surface area (TPSA) is 35.6 Å². The van der Waals surface area contributed by atoms with E-state index in [0.717, 1.165) is 32.6 Å². The van der Waals surface area contributed by atoms with Crippen molar-refractivity contribution in [1.82, 2.24) is 10.2 Å². The normalized spacial score (nSPS) is 14.8. The average molecular weight is 343 g/mol. The van der Waals surface area contributed by atoms with Gasteiger partial charge in [-0.05, 0) is 48.9 Å². The lowest BCUT2D eigenvalue weighted by Gasteiger charge is -2.37. The molecular formula is C19H25N3OS. The van der Waals surface area contributed by atoms with Crippen molar-refractivity contribution in [3.05, 3.63) is 51.7 Å². The molecule has 2 amide bonds. The van der Waals surface area contributed by atoms with Gasteiger partial charge >= 0.3 is 6.03 Å². The molecule has 1 N–H and O–H groups in total. The second-order valence-corrected chi connectivity index (χ2v) is 7.29. The van der Waals surface area contributed by atoms with Gasteiger partial charge in [0.05, 0.1) is 0 Å². The lowest BCUT2D eigenvalue weighted by Crippen LogP contribution is -2.52. The van der Waals surface area contributed by atoms with Crippen LogP contribution in [0.1, 0.15) is 16.0 Å². The van der Waals surface area contributed by atoms with Gasteiger partial charge < -0.3 is 15.1 Å². The Bertz CT molecular complexity index is 676. The molecule has 128 valence electrons. The van der Waals surface area contributed by atoms with Crippen molar-refractivity contribution in [3.63, 3.8) is 0 Å². The summed E-state index contributed by atoms with van der Waals surface area (Å²) in [6, 6.07) is 10.7. The van der Waals surface area contributed by atoms with Crippen molar-refractivity contribution in [2.24, 2.45) is 0 Å². The number of urea groups is 1. The van der Waals surface area contributed by atoms with Crippen LogP contribution in [0.25, 0.3) is 0 Å². The molecule has 1 fully saturated rings. The predicted molar refractivity (Wildman–Crippen MR) is 101 cm³/mol. The van der Waals surface area contributed by atoms with Gasteiger partial charge in [0.1, 0.15) is 0 Å². The van der Waals surface area contributed by atoms with Crippen molar-refractivity contribution < 1.29 is 4.79 Å². The number of carbonyl (C=O) groups excluding carboxylic acids is 1. The molecule has 1 aromatic heterocycles. The van der Waals surface area contributed by atoms with Gasteiger partial charge in [0.15, 0.2) is 0 Å². The zero-order valence-electron chi connectivity index (χ0n) is 14.4. The van der Waals surface area contributed by atoms with Crippen LogP contribution in [-0.4, -0.2) is 43.7 Å². The maximum atomic E-state index is 12.3. The van der Waals surface area contributed by atoms with Crippen LogP contribution in [0.5, 0.6) is 0 Å². The zero-order chi connectivity index (χ0) is 16.9. The molecule has 0 unspecified atom stereocenters. The van der Waals surface area contributed by atoms with Gasteiger partial charge in [0.2, 0.25) is 0 Å². The van der Waals surface area contributed by atoms with Crippen LogP contribution in [0.15, 0.2) is 35.7 Å². The van der Waals surface area contributed by atoms with Crippen molar-refractivity contribution in [1.29, 1.82) is 0 Å². The molecule has 0 saturated carbocycles. The fourth-order valence-corrected chi connectivity index (χ4v) is 3.80. The average Bonchev–Trinajstić information content (AvgIpc) is 3.11. The number of thiophene rings is 1. The molecule has 0 atom stereocenters. The van der Waals surface area contributed by atoms with Crippen LogP contribution in [0.4, 0.5) is 10.5 Å². The van der Waals surface area contributed by atoms with E-state index in [4.69, 9.17) is 0 Å². The summed E-state index contributed by atoms with van der Waals surface area (Å²) in [7, 11) is 0. The molecule has 0 radical (unpaired) electrons. The molecule has 1 aliphatic heterocycles. The number of rotatable bonds is 4. The van der Waals surface area contributed by atoms with Crippen LogP contribution in [-0.2, 0) is 6.42 Å². The van der Waals surface area contributed by atoms with E-state index < -0.39 is 0 Å². The maximum absolute atomic E-state index is 12.3. The van der Waals surface area contributed by atoms with Crippen molar-refractivity contribution in [3.8, 4) is 0 Å². The molecule has 1 saturated heterocycles. The lowest BCUT2D eigenvalue weighted by atomic mass is 10.1. The van der Waals surface area contributed by atoms with Gasteiger partial charge in [-0.2, -0.15) is 0 Å². The summed E-state index contributed by atoms with van der Waals surface area (Å²) >= 11 is 1.74. The second-order valence-electron chi connectivity index (χ2n) is 6.25. The summed E-state index contributed by atoms with van der Waals surface area (Å²) in [6.07, 6.45) is 0.909. The number of hydrogen-bond acceptors (Lipinski definition) is 3. The van der Waals surface area contributed by atoms with Crippen molar-refractivity contribution in [2.45, 2.75) is 20.3 Å². The summed E-state index contributed by atoms with van der Waals surface area (Å²) in [6.45, 7) is 8.36. The number of nitrogens with zero attached hydrogens (tertiary/aromatic N) is 2. The van der Waals surface area contributed by atoms with Gasteiger partial charge in [-0.25, -0.2) is 4.79 Å². The SMILES string of the molecule is Cc1cccc(N2CCN(C(=O)NCCc3cccs3)CC2)c1C. The highest BCUT2D eigenvalue weighted by molar-refractivity contribution is 7.09. The Kier molecular flexibility index (Phi) is 5.41. The first-order valence-corrected chi connectivity index (χ1v) is 9.39. The minimum atomic E-state index is 0.0622. The molecular weight excluding hydrogens is 318 g/mol. The zero-order valence-corrected chi connectivity index (χ0v) is 15.2. The summed E-state index contributed by atoms with van der Waals surface area (Å²) in [5.41, 5.74) is 3.96. The standard InChI is InChI=1S/C19H25N3OS/c1-15-5-3-7-18(16(15)2)21-10-12-22(13-11-21)19(23)20-9-8-17-6-4-14-24-17/h3-7,14H,8-13H2,1-2H3,(H,20,23). The van der Waals surface area contributed by atoms with E-state index in [2.05, 4.69) is 53.7 Å². The van der Waals surface area contributed by atoms with E-state index in [9.17, 15) is 4.79 Å². The third kappa shape index (κ3) is 3.90. The Morgan fingerprint density at radius 1 is 1.12 bits per heavy atom. The predicted octanol–water partition coefficient (Wildman–Crippen LogP) is 3.44. The van der Waals surface area contributed by atoms with Crippen molar-refractivity contribution in [2.75, 3.05) is 37.6 Å². The summed E-state index contributed by atoms with van der Waals surface area (Å²) < 4.78 is 0. The quantitative estimate of drug-likeness (QED) is 0.923. The number of carbonyl (C=O) groups is 1. The Morgan fingerprint density at radius 3 is 2.62 bits per heavy atom. The number of piperazine rings is 1. The summed E-state index contributed by atoms with van der Waals surface area (Å²) in [4.78, 5) is 17.9. The Hall–Kier alpha value is -2.01. The number of hydrogen-bond donors (Lipinski definition) is 1. The first kappa shape index (κ1) is 16.8. The molecule has 4 nitrogen and oxygen atoms in total. The minimum Gasteiger partial charge on any atom is -0.368 e. The Labute approximate surface area is 148 Å². The van der Waals surface area contributed by atoms with Crippen LogP contribution in [0.2, 0.25) is 0 Å². The Balaban J connectivity index is 1.47. The van der Waals surface area contributed by atoms with E-state index >= 15 is 0 Å². The molecule has 5 heteroatoms. The third-order valence-corrected chi connectivity index (χ3v) is 5.65. The van der Waals surface area contributed by atoms with Gasteiger partial charge in [-0.1, -0.05) is 18.2 Å². The fraction of sp³-hybridized carbons (Fsp3) is 0.421.